The zero-order valence-electron chi connectivity index (χ0n) is 14.9. The van der Waals surface area contributed by atoms with Crippen LogP contribution in [0, 0.1) is 0 Å². The highest BCUT2D eigenvalue weighted by molar-refractivity contribution is 7.99. The fourth-order valence-electron chi connectivity index (χ4n) is 3.53. The maximum Gasteiger partial charge on any atom is 0.262 e. The van der Waals surface area contributed by atoms with E-state index in [1.54, 1.807) is 16.7 Å². The van der Waals surface area contributed by atoms with Gasteiger partial charge in [0.1, 0.15) is 0 Å². The zero-order valence-corrected chi connectivity index (χ0v) is 15.7. The number of imide groups is 1. The van der Waals surface area contributed by atoms with Crippen molar-refractivity contribution in [2.45, 2.75) is 43.5 Å². The molecule has 7 nitrogen and oxygen atoms in total. The van der Waals surface area contributed by atoms with Crippen molar-refractivity contribution in [2.24, 2.45) is 0 Å². The molecule has 2 saturated heterocycles. The van der Waals surface area contributed by atoms with E-state index in [-0.39, 0.29) is 29.2 Å². The van der Waals surface area contributed by atoms with Crippen LogP contribution in [0.3, 0.4) is 0 Å². The molecule has 4 rings (SSSR count). The van der Waals surface area contributed by atoms with Gasteiger partial charge in [0.15, 0.2) is 5.16 Å². The van der Waals surface area contributed by atoms with Crippen molar-refractivity contribution < 1.29 is 14.3 Å². The summed E-state index contributed by atoms with van der Waals surface area (Å²) in [6.45, 7) is 1.61. The molecule has 1 aromatic heterocycles. The number of rotatable bonds is 5. The van der Waals surface area contributed by atoms with Crippen molar-refractivity contribution in [1.29, 1.82) is 0 Å². The number of amides is 2. The molecule has 0 radical (unpaired) electrons. The van der Waals surface area contributed by atoms with E-state index in [1.165, 1.54) is 16.7 Å². The normalized spacial score (nSPS) is 19.9. The van der Waals surface area contributed by atoms with Crippen LogP contribution in [0.2, 0.25) is 0 Å². The third kappa shape index (κ3) is 3.77. The van der Waals surface area contributed by atoms with Gasteiger partial charge in [-0.2, -0.15) is 0 Å². The van der Waals surface area contributed by atoms with Crippen molar-refractivity contribution >= 4 is 34.5 Å². The lowest BCUT2D eigenvalue weighted by atomic mass is 10.2. The van der Waals surface area contributed by atoms with Crippen molar-refractivity contribution in [1.82, 2.24) is 14.5 Å². The lowest BCUT2D eigenvalue weighted by Gasteiger charge is -2.17. The van der Waals surface area contributed by atoms with Crippen LogP contribution in [0.1, 0.15) is 25.7 Å². The smallest absolute Gasteiger partial charge is 0.262 e. The molecular formula is C19H21N3O4S. The van der Waals surface area contributed by atoms with E-state index in [2.05, 4.69) is 4.98 Å². The molecule has 0 spiro atoms. The number of para-hydroxylation sites is 1. The number of hydrogen-bond donors (Lipinski definition) is 0. The predicted octanol–water partition coefficient (Wildman–Crippen LogP) is 1.82. The summed E-state index contributed by atoms with van der Waals surface area (Å²) in [7, 11) is 0. The summed E-state index contributed by atoms with van der Waals surface area (Å²) < 4.78 is 7.30. The fraction of sp³-hybridized carbons (Fsp3) is 0.474. The first-order valence-corrected chi connectivity index (χ1v) is 10.2. The van der Waals surface area contributed by atoms with Gasteiger partial charge in [-0.05, 0) is 31.4 Å². The number of thioether (sulfide) groups is 1. The highest BCUT2D eigenvalue weighted by Gasteiger charge is 2.27. The molecule has 2 aromatic rings. The summed E-state index contributed by atoms with van der Waals surface area (Å²) in [5, 5.41) is 1.05. The van der Waals surface area contributed by atoms with Crippen LogP contribution in [0.4, 0.5) is 0 Å². The molecule has 27 heavy (non-hydrogen) atoms. The number of benzene rings is 1. The fourth-order valence-corrected chi connectivity index (χ4v) is 4.41. The van der Waals surface area contributed by atoms with Crippen LogP contribution >= 0.6 is 11.8 Å². The molecule has 0 bridgehead atoms. The minimum atomic E-state index is -0.228. The molecule has 1 aromatic carbocycles. The van der Waals surface area contributed by atoms with Gasteiger partial charge in [-0.15, -0.1) is 0 Å². The average molecular weight is 387 g/mol. The van der Waals surface area contributed by atoms with Gasteiger partial charge in [0.2, 0.25) is 11.8 Å². The maximum absolute atomic E-state index is 13.0. The zero-order chi connectivity index (χ0) is 18.8. The second kappa shape index (κ2) is 7.82. The molecule has 0 unspecified atom stereocenters. The quantitative estimate of drug-likeness (QED) is 0.575. The van der Waals surface area contributed by atoms with Crippen LogP contribution in [0.25, 0.3) is 10.9 Å². The Morgan fingerprint density at radius 1 is 1.26 bits per heavy atom. The molecule has 0 saturated carbocycles. The average Bonchev–Trinajstić information content (AvgIpc) is 3.34. The largest absolute Gasteiger partial charge is 0.376 e. The van der Waals surface area contributed by atoms with Crippen LogP contribution in [0.15, 0.2) is 34.2 Å². The van der Waals surface area contributed by atoms with E-state index in [0.29, 0.717) is 48.6 Å². The number of likely N-dealkylation sites (tertiary alicyclic amines) is 1. The molecule has 2 aliphatic rings. The summed E-state index contributed by atoms with van der Waals surface area (Å²) in [6, 6.07) is 7.21. The van der Waals surface area contributed by atoms with Crippen molar-refractivity contribution in [3.05, 3.63) is 34.6 Å². The Hall–Kier alpha value is -2.19. The van der Waals surface area contributed by atoms with Gasteiger partial charge < -0.3 is 4.74 Å². The standard InChI is InChI=1S/C19H21N3O4S/c23-16-8-3-9-21(16)17(24)12-27-19-20-15-7-2-1-6-14(15)18(25)22(19)11-13-5-4-10-26-13/h1-2,6-7,13H,3-5,8-12H2/t13-/m1/s1. The highest BCUT2D eigenvalue weighted by Crippen LogP contribution is 2.22. The summed E-state index contributed by atoms with van der Waals surface area (Å²) >= 11 is 1.21. The van der Waals surface area contributed by atoms with Gasteiger partial charge in [0.05, 0.1) is 29.3 Å². The van der Waals surface area contributed by atoms with E-state index in [9.17, 15) is 14.4 Å². The van der Waals surface area contributed by atoms with Crippen LogP contribution in [-0.2, 0) is 20.9 Å². The monoisotopic (exact) mass is 387 g/mol. The molecule has 0 N–H and O–H groups in total. The van der Waals surface area contributed by atoms with Gasteiger partial charge in [-0.3, -0.25) is 23.9 Å². The van der Waals surface area contributed by atoms with Crippen molar-refractivity contribution in [2.75, 3.05) is 18.9 Å². The van der Waals surface area contributed by atoms with E-state index in [0.717, 1.165) is 12.8 Å². The van der Waals surface area contributed by atoms with E-state index in [4.69, 9.17) is 4.74 Å². The van der Waals surface area contributed by atoms with Crippen LogP contribution in [0.5, 0.6) is 0 Å². The van der Waals surface area contributed by atoms with Crippen molar-refractivity contribution in [3.8, 4) is 0 Å². The van der Waals surface area contributed by atoms with E-state index >= 15 is 0 Å². The molecule has 2 amide bonds. The van der Waals surface area contributed by atoms with Crippen LogP contribution in [-0.4, -0.2) is 51.3 Å². The Balaban J connectivity index is 1.62. The minimum absolute atomic E-state index is 0.0131. The molecule has 2 aliphatic heterocycles. The second-order valence-electron chi connectivity index (χ2n) is 6.79. The van der Waals surface area contributed by atoms with Gasteiger partial charge in [-0.25, -0.2) is 4.98 Å². The molecule has 2 fully saturated rings. The molecule has 142 valence electrons. The summed E-state index contributed by atoms with van der Waals surface area (Å²) in [6.07, 6.45) is 3.02. The molecule has 1 atom stereocenters. The second-order valence-corrected chi connectivity index (χ2v) is 7.74. The molecule has 8 heteroatoms. The Morgan fingerprint density at radius 2 is 2.11 bits per heavy atom. The van der Waals surface area contributed by atoms with Crippen LogP contribution < -0.4 is 5.56 Å². The van der Waals surface area contributed by atoms with Gasteiger partial charge in [-0.1, -0.05) is 23.9 Å². The number of aromatic nitrogens is 2. The highest BCUT2D eigenvalue weighted by atomic mass is 32.2. The minimum Gasteiger partial charge on any atom is -0.376 e. The summed E-state index contributed by atoms with van der Waals surface area (Å²) in [5.41, 5.74) is 0.488. The van der Waals surface area contributed by atoms with Gasteiger partial charge in [0, 0.05) is 19.6 Å². The maximum atomic E-state index is 13.0. The number of ether oxygens (including phenoxy) is 1. The molecule has 0 aliphatic carbocycles. The summed E-state index contributed by atoms with van der Waals surface area (Å²) in [5.74, 6) is -0.264. The Morgan fingerprint density at radius 3 is 2.85 bits per heavy atom. The third-order valence-electron chi connectivity index (χ3n) is 4.94. The number of carbonyl (C=O) groups excluding carboxylic acids is 2. The first-order valence-electron chi connectivity index (χ1n) is 9.20. The van der Waals surface area contributed by atoms with Gasteiger partial charge in [0.25, 0.3) is 5.56 Å². The predicted molar refractivity (Wildman–Crippen MR) is 102 cm³/mol. The summed E-state index contributed by atoms with van der Waals surface area (Å²) in [4.78, 5) is 43.0. The Labute approximate surface area is 160 Å². The SMILES string of the molecule is O=C1CCCN1C(=O)CSc1nc2ccccc2c(=O)n1C[C@H]1CCCO1. The van der Waals surface area contributed by atoms with Crippen molar-refractivity contribution in [3.63, 3.8) is 0 Å². The van der Waals surface area contributed by atoms with E-state index in [1.807, 2.05) is 12.1 Å². The van der Waals surface area contributed by atoms with Gasteiger partial charge >= 0.3 is 0 Å². The Bertz CT molecular complexity index is 936. The lowest BCUT2D eigenvalue weighted by molar-refractivity contribution is -0.140. The number of fused-ring (bicyclic) bond motifs is 1. The first-order chi connectivity index (χ1) is 13.1. The number of carbonyl (C=O) groups is 2. The first kappa shape index (κ1) is 18.2. The Kier molecular flexibility index (Phi) is 5.27. The third-order valence-corrected chi connectivity index (χ3v) is 5.90. The molecule has 3 heterocycles. The number of hydrogen-bond acceptors (Lipinski definition) is 6. The lowest BCUT2D eigenvalue weighted by Crippen LogP contribution is -2.34. The van der Waals surface area contributed by atoms with E-state index < -0.39 is 0 Å². The topological polar surface area (TPSA) is 81.5 Å². The number of nitrogens with zero attached hydrogens (tertiary/aromatic N) is 3. The molecular weight excluding hydrogens is 366 g/mol.